The number of nitrogens with one attached hydrogen (secondary N) is 2. The maximum atomic E-state index is 14.0. The molecule has 0 spiro atoms. The second-order valence-corrected chi connectivity index (χ2v) is 10.9. The number of nitrogens with two attached hydrogens (primary N) is 1. The van der Waals surface area contributed by atoms with Gasteiger partial charge in [-0.05, 0) is 44.4 Å². The van der Waals surface area contributed by atoms with Gasteiger partial charge in [-0.25, -0.2) is 9.59 Å². The van der Waals surface area contributed by atoms with Crippen LogP contribution >= 0.6 is 0 Å². The van der Waals surface area contributed by atoms with Crippen LogP contribution in [0, 0.1) is 0 Å². The molecule has 210 valence electrons. The molecule has 2 unspecified atom stereocenters. The monoisotopic (exact) mass is 536 g/mol. The van der Waals surface area contributed by atoms with E-state index in [1.54, 1.807) is 27.0 Å². The van der Waals surface area contributed by atoms with Gasteiger partial charge in [-0.2, -0.15) is 0 Å². The van der Waals surface area contributed by atoms with Gasteiger partial charge in [-0.1, -0.05) is 68.3 Å². The van der Waals surface area contributed by atoms with Crippen molar-refractivity contribution in [1.82, 2.24) is 15.2 Å². The van der Waals surface area contributed by atoms with Gasteiger partial charge in [-0.3, -0.25) is 9.69 Å². The number of benzene rings is 2. The summed E-state index contributed by atoms with van der Waals surface area (Å²) < 4.78 is 5.66. The Hall–Kier alpha value is -3.85. The number of carboxylic acid groups (broad SMARTS) is 1. The molecule has 1 aromatic heterocycles. The molecule has 0 radical (unpaired) electrons. The van der Waals surface area contributed by atoms with Crippen molar-refractivity contribution in [3.05, 3.63) is 71.9 Å². The second-order valence-electron chi connectivity index (χ2n) is 10.9. The summed E-state index contributed by atoms with van der Waals surface area (Å²) >= 11 is 0. The molecule has 2 atom stereocenters. The number of hydrogen-bond acceptors (Lipinski definition) is 5. The molecule has 0 aliphatic carbocycles. The molecule has 0 aliphatic rings. The van der Waals surface area contributed by atoms with E-state index in [2.05, 4.69) is 10.3 Å². The van der Waals surface area contributed by atoms with Crippen LogP contribution in [-0.4, -0.2) is 56.8 Å². The summed E-state index contributed by atoms with van der Waals surface area (Å²) in [5, 5.41) is 13.6. The Morgan fingerprint density at radius 2 is 1.72 bits per heavy atom. The van der Waals surface area contributed by atoms with Gasteiger partial charge in [0.25, 0.3) is 5.91 Å². The molecular weight excluding hydrogens is 496 g/mol. The van der Waals surface area contributed by atoms with Crippen molar-refractivity contribution in [2.45, 2.75) is 77.1 Å². The number of rotatable bonds is 12. The minimum Gasteiger partial charge on any atom is -0.480 e. The Kier molecular flexibility index (Phi) is 9.75. The number of carboxylic acids is 1. The summed E-state index contributed by atoms with van der Waals surface area (Å²) in [4.78, 5) is 44.1. The van der Waals surface area contributed by atoms with Crippen LogP contribution in [0.25, 0.3) is 10.9 Å². The van der Waals surface area contributed by atoms with Gasteiger partial charge >= 0.3 is 12.1 Å². The predicted octanol–water partition coefficient (Wildman–Crippen LogP) is 4.60. The number of aromatic amines is 1. The lowest BCUT2D eigenvalue weighted by molar-refractivity contribution is -0.144. The van der Waals surface area contributed by atoms with Crippen LogP contribution in [0.15, 0.2) is 60.8 Å². The van der Waals surface area contributed by atoms with E-state index in [0.717, 1.165) is 34.9 Å². The maximum absolute atomic E-state index is 14.0. The quantitative estimate of drug-likeness (QED) is 0.197. The zero-order valence-corrected chi connectivity index (χ0v) is 23.2. The van der Waals surface area contributed by atoms with Crippen LogP contribution in [0.5, 0.6) is 0 Å². The second kappa shape index (κ2) is 12.8. The number of aromatic nitrogens is 1. The number of carbonyl (C=O) groups is 3. The summed E-state index contributed by atoms with van der Waals surface area (Å²) in [6.45, 7) is 7.44. The summed E-state index contributed by atoms with van der Waals surface area (Å²) in [7, 11) is 0. The molecule has 0 fully saturated rings. The van der Waals surface area contributed by atoms with Crippen molar-refractivity contribution in [2.24, 2.45) is 5.73 Å². The van der Waals surface area contributed by atoms with Gasteiger partial charge in [0.2, 0.25) is 0 Å². The molecule has 9 nitrogen and oxygen atoms in total. The van der Waals surface area contributed by atoms with E-state index >= 15 is 0 Å². The van der Waals surface area contributed by atoms with Crippen molar-refractivity contribution < 1.29 is 24.2 Å². The van der Waals surface area contributed by atoms with E-state index in [4.69, 9.17) is 10.5 Å². The van der Waals surface area contributed by atoms with Gasteiger partial charge in [0.1, 0.15) is 11.6 Å². The topological polar surface area (TPSA) is 138 Å². The lowest BCUT2D eigenvalue weighted by atomic mass is 9.96. The van der Waals surface area contributed by atoms with Crippen molar-refractivity contribution >= 4 is 28.9 Å². The van der Waals surface area contributed by atoms with E-state index in [-0.39, 0.29) is 19.4 Å². The Labute approximate surface area is 229 Å². The molecule has 0 saturated carbocycles. The first-order valence-corrected chi connectivity index (χ1v) is 13.4. The first-order valence-electron chi connectivity index (χ1n) is 13.4. The van der Waals surface area contributed by atoms with Crippen LogP contribution in [0.3, 0.4) is 0 Å². The normalized spacial score (nSPS) is 13.9. The Morgan fingerprint density at radius 3 is 2.36 bits per heavy atom. The third-order valence-corrected chi connectivity index (χ3v) is 6.49. The predicted molar refractivity (Wildman–Crippen MR) is 151 cm³/mol. The third-order valence-electron chi connectivity index (χ3n) is 6.49. The summed E-state index contributed by atoms with van der Waals surface area (Å²) in [6.07, 6.45) is 3.35. The minimum atomic E-state index is -1.90. The van der Waals surface area contributed by atoms with Crippen molar-refractivity contribution in [3.8, 4) is 0 Å². The van der Waals surface area contributed by atoms with Gasteiger partial charge in [0.05, 0.1) is 0 Å². The average Bonchev–Trinajstić information content (AvgIpc) is 3.28. The number of para-hydroxylation sites is 1. The summed E-state index contributed by atoms with van der Waals surface area (Å²) in [5.41, 5.74) is 6.47. The molecule has 0 saturated heterocycles. The van der Waals surface area contributed by atoms with Crippen LogP contribution in [0.2, 0.25) is 0 Å². The zero-order chi connectivity index (χ0) is 28.6. The highest BCUT2D eigenvalue weighted by molar-refractivity contribution is 5.93. The number of fused-ring (bicyclic) bond motifs is 1. The van der Waals surface area contributed by atoms with Gasteiger partial charge in [0, 0.05) is 36.5 Å². The highest BCUT2D eigenvalue weighted by Gasteiger charge is 2.46. The first kappa shape index (κ1) is 29.7. The van der Waals surface area contributed by atoms with Crippen LogP contribution in [0.4, 0.5) is 4.79 Å². The Morgan fingerprint density at radius 1 is 1.05 bits per heavy atom. The number of ether oxygens (including phenoxy) is 1. The summed E-state index contributed by atoms with van der Waals surface area (Å²) in [5.74, 6) is -1.97. The Bertz CT molecular complexity index is 1270. The van der Waals surface area contributed by atoms with Crippen LogP contribution in [0.1, 0.15) is 58.1 Å². The third kappa shape index (κ3) is 7.83. The number of unbranched alkanes of at least 4 members (excludes halogenated alkanes) is 2. The fraction of sp³-hybridized carbons (Fsp3) is 0.433. The summed E-state index contributed by atoms with van der Waals surface area (Å²) in [6, 6.07) is 15.4. The number of nitrogens with zero attached hydrogens (tertiary/aromatic N) is 1. The van der Waals surface area contributed by atoms with E-state index in [1.807, 2.05) is 61.5 Å². The smallest absolute Gasteiger partial charge is 0.412 e. The maximum Gasteiger partial charge on any atom is 0.412 e. The molecule has 0 bridgehead atoms. The first-order chi connectivity index (χ1) is 18.4. The zero-order valence-electron chi connectivity index (χ0n) is 23.2. The lowest BCUT2D eigenvalue weighted by Crippen LogP contribution is -2.69. The minimum absolute atomic E-state index is 0.0233. The molecule has 3 aromatic rings. The van der Waals surface area contributed by atoms with Gasteiger partial charge < -0.3 is 25.9 Å². The van der Waals surface area contributed by atoms with E-state index in [9.17, 15) is 19.5 Å². The van der Waals surface area contributed by atoms with E-state index in [0.29, 0.717) is 6.42 Å². The standard InChI is InChI=1S/C30H40N4O5/c1-5-6-12-17-34(28(38)39-29(2,3)4)30(31,19-21-13-8-7-9-14-21)27(37)33-25(26(35)36)18-22-20-32-24-16-11-10-15-23(22)24/h7-11,13-16,20,25,32H,5-6,12,17-19,31H2,1-4H3,(H,33,37)(H,35,36). The Balaban J connectivity index is 1.97. The molecule has 3 rings (SSSR count). The number of carbonyl (C=O) groups excluding carboxylic acids is 2. The van der Waals surface area contributed by atoms with E-state index in [1.165, 1.54) is 4.90 Å². The SMILES string of the molecule is CCCCCN(C(=O)OC(C)(C)C)C(N)(Cc1ccccc1)C(=O)NC(Cc1c[nH]c2ccccc12)C(=O)O. The molecule has 0 aliphatic heterocycles. The van der Waals surface area contributed by atoms with Crippen LogP contribution in [-0.2, 0) is 27.2 Å². The molecule has 2 aromatic carbocycles. The largest absolute Gasteiger partial charge is 0.480 e. The molecule has 2 amide bonds. The van der Waals surface area contributed by atoms with E-state index < -0.39 is 35.3 Å². The van der Waals surface area contributed by atoms with Gasteiger partial charge in [-0.15, -0.1) is 0 Å². The molecule has 39 heavy (non-hydrogen) atoms. The molecule has 9 heteroatoms. The van der Waals surface area contributed by atoms with Crippen molar-refractivity contribution in [1.29, 1.82) is 0 Å². The molecule has 5 N–H and O–H groups in total. The fourth-order valence-electron chi connectivity index (χ4n) is 4.50. The molecule has 1 heterocycles. The number of hydrogen-bond donors (Lipinski definition) is 4. The van der Waals surface area contributed by atoms with Crippen molar-refractivity contribution in [3.63, 3.8) is 0 Å². The fourth-order valence-corrected chi connectivity index (χ4v) is 4.50. The van der Waals surface area contributed by atoms with Gasteiger partial charge in [0.15, 0.2) is 5.66 Å². The number of amides is 2. The highest BCUT2D eigenvalue weighted by atomic mass is 16.6. The lowest BCUT2D eigenvalue weighted by Gasteiger charge is -2.41. The number of aliphatic carboxylic acids is 1. The average molecular weight is 537 g/mol. The van der Waals surface area contributed by atoms with Crippen LogP contribution < -0.4 is 11.1 Å². The molecular formula is C30H40N4O5. The van der Waals surface area contributed by atoms with Crippen molar-refractivity contribution in [2.75, 3.05) is 6.54 Å². The number of H-pyrrole nitrogens is 1. The highest BCUT2D eigenvalue weighted by Crippen LogP contribution is 2.23.